The van der Waals surface area contributed by atoms with Crippen molar-refractivity contribution in [3.05, 3.63) is 72.1 Å². The summed E-state index contributed by atoms with van der Waals surface area (Å²) in [6.07, 6.45) is 11.8. The van der Waals surface area contributed by atoms with E-state index in [4.69, 9.17) is 4.74 Å². The highest BCUT2D eigenvalue weighted by Gasteiger charge is 2.14. The second kappa shape index (κ2) is 6.14. The zero-order valence-electron chi connectivity index (χ0n) is 10.9. The van der Waals surface area contributed by atoms with E-state index in [1.807, 2.05) is 39.9 Å². The number of hydrogen-bond acceptors (Lipinski definition) is 1. The summed E-state index contributed by atoms with van der Waals surface area (Å²) in [5.74, 6) is 0.828. The molecular formula is C15H19BO. The van der Waals surface area contributed by atoms with Crippen molar-refractivity contribution in [2.45, 2.75) is 19.9 Å². The van der Waals surface area contributed by atoms with Crippen LogP contribution in [0.15, 0.2) is 72.1 Å². The predicted octanol–water partition coefficient (Wildman–Crippen LogP) is 3.05. The largest absolute Gasteiger partial charge is 0.495 e. The maximum atomic E-state index is 5.74. The lowest BCUT2D eigenvalue weighted by Crippen LogP contribution is -2.14. The fourth-order valence-corrected chi connectivity index (χ4v) is 1.71. The van der Waals surface area contributed by atoms with Crippen molar-refractivity contribution in [1.29, 1.82) is 0 Å². The molecule has 1 heterocycles. The van der Waals surface area contributed by atoms with Crippen LogP contribution in [0.3, 0.4) is 0 Å². The van der Waals surface area contributed by atoms with Crippen LogP contribution >= 0.6 is 0 Å². The van der Waals surface area contributed by atoms with Crippen LogP contribution in [0.2, 0.25) is 0 Å². The summed E-state index contributed by atoms with van der Waals surface area (Å²) < 4.78 is 5.74. The van der Waals surface area contributed by atoms with E-state index >= 15 is 0 Å². The van der Waals surface area contributed by atoms with E-state index in [0.29, 0.717) is 0 Å². The third-order valence-corrected chi connectivity index (χ3v) is 2.65. The Balaban J connectivity index is 3.33. The standard InChI is InChI=1S/C15H19BO/c1-5-8-12(11(4)6-2)13-9-10-15(16)17-14(13)7-3/h5-10,15H,2-3,16H2,1,4H3/b8-5-,12-11+. The highest BCUT2D eigenvalue weighted by Crippen LogP contribution is 2.27. The smallest absolute Gasteiger partial charge is 0.159 e. The van der Waals surface area contributed by atoms with E-state index < -0.39 is 0 Å². The summed E-state index contributed by atoms with van der Waals surface area (Å²) in [4.78, 5) is 0. The second-order valence-electron chi connectivity index (χ2n) is 3.96. The van der Waals surface area contributed by atoms with Gasteiger partial charge >= 0.3 is 0 Å². The van der Waals surface area contributed by atoms with Crippen molar-refractivity contribution in [3.8, 4) is 0 Å². The Bertz CT molecular complexity index is 436. The molecule has 1 atom stereocenters. The van der Waals surface area contributed by atoms with Gasteiger partial charge in [0.15, 0.2) is 7.85 Å². The Morgan fingerprint density at radius 1 is 1.47 bits per heavy atom. The maximum absolute atomic E-state index is 5.74. The number of hydrogen-bond donors (Lipinski definition) is 0. The Hall–Kier alpha value is -1.70. The second-order valence-corrected chi connectivity index (χ2v) is 3.96. The zero-order chi connectivity index (χ0) is 12.8. The Morgan fingerprint density at radius 2 is 2.18 bits per heavy atom. The molecule has 0 bridgehead atoms. The molecule has 0 aromatic rings. The summed E-state index contributed by atoms with van der Waals surface area (Å²) in [6.45, 7) is 11.7. The van der Waals surface area contributed by atoms with Gasteiger partial charge in [-0.1, -0.05) is 43.5 Å². The van der Waals surface area contributed by atoms with Gasteiger partial charge in [-0.05, 0) is 31.1 Å². The number of ether oxygens (including phenoxy) is 1. The van der Waals surface area contributed by atoms with Crippen LogP contribution in [0.4, 0.5) is 0 Å². The van der Waals surface area contributed by atoms with Crippen molar-refractivity contribution in [2.24, 2.45) is 0 Å². The van der Waals surface area contributed by atoms with Crippen LogP contribution in [0, 0.1) is 0 Å². The minimum absolute atomic E-state index is 0.0997. The van der Waals surface area contributed by atoms with Crippen LogP contribution in [0.25, 0.3) is 0 Å². The normalized spacial score (nSPS) is 21.2. The average Bonchev–Trinajstić information content (AvgIpc) is 2.35. The van der Waals surface area contributed by atoms with Gasteiger partial charge in [-0.3, -0.25) is 0 Å². The minimum atomic E-state index is 0.0997. The molecule has 1 nitrogen and oxygen atoms in total. The topological polar surface area (TPSA) is 9.23 Å². The van der Waals surface area contributed by atoms with Crippen molar-refractivity contribution in [3.63, 3.8) is 0 Å². The predicted molar refractivity (Wildman–Crippen MR) is 77.5 cm³/mol. The number of allylic oxidation sites excluding steroid dienone is 8. The van der Waals surface area contributed by atoms with Crippen molar-refractivity contribution >= 4 is 7.85 Å². The Kier molecular flexibility index (Phi) is 4.83. The van der Waals surface area contributed by atoms with Crippen LogP contribution in [-0.2, 0) is 4.74 Å². The first-order chi connectivity index (χ1) is 8.13. The SMILES string of the molecule is BC1C=CC(C(/C=C\C)=C(\C)C=C)=C(C=C)O1. The molecule has 0 fully saturated rings. The van der Waals surface area contributed by atoms with E-state index in [1.54, 1.807) is 6.08 Å². The monoisotopic (exact) mass is 226 g/mol. The van der Waals surface area contributed by atoms with Crippen molar-refractivity contribution in [2.75, 3.05) is 0 Å². The van der Waals surface area contributed by atoms with Crippen LogP contribution in [0.1, 0.15) is 13.8 Å². The third kappa shape index (κ3) is 3.13. The molecule has 0 aromatic carbocycles. The molecule has 1 aliphatic rings. The molecule has 0 aromatic heterocycles. The molecule has 1 aliphatic heterocycles. The fourth-order valence-electron chi connectivity index (χ4n) is 1.71. The van der Waals surface area contributed by atoms with E-state index in [0.717, 1.165) is 22.5 Å². The molecule has 17 heavy (non-hydrogen) atoms. The van der Waals surface area contributed by atoms with E-state index in [-0.39, 0.29) is 6.00 Å². The van der Waals surface area contributed by atoms with Crippen LogP contribution in [0.5, 0.6) is 0 Å². The van der Waals surface area contributed by atoms with Crippen LogP contribution in [-0.4, -0.2) is 13.8 Å². The van der Waals surface area contributed by atoms with Gasteiger partial charge < -0.3 is 4.74 Å². The Labute approximate surface area is 105 Å². The lowest BCUT2D eigenvalue weighted by molar-refractivity contribution is 0.222. The fraction of sp³-hybridized carbons (Fsp3) is 0.200. The van der Waals surface area contributed by atoms with Gasteiger partial charge in [-0.2, -0.15) is 0 Å². The van der Waals surface area contributed by atoms with Crippen molar-refractivity contribution in [1.82, 2.24) is 0 Å². The third-order valence-electron chi connectivity index (χ3n) is 2.65. The summed E-state index contributed by atoms with van der Waals surface area (Å²) in [5.41, 5.74) is 3.31. The molecular weight excluding hydrogens is 207 g/mol. The number of rotatable bonds is 4. The molecule has 0 saturated carbocycles. The quantitative estimate of drug-likeness (QED) is 0.528. The summed E-state index contributed by atoms with van der Waals surface area (Å²) in [6, 6.07) is 0.0997. The minimum Gasteiger partial charge on any atom is -0.495 e. The van der Waals surface area contributed by atoms with E-state index in [1.165, 1.54) is 0 Å². The Morgan fingerprint density at radius 3 is 2.71 bits per heavy atom. The van der Waals surface area contributed by atoms with Gasteiger partial charge in [0, 0.05) is 5.57 Å². The molecule has 0 radical (unpaired) electrons. The summed E-state index contributed by atoms with van der Waals surface area (Å²) in [5, 5.41) is 0. The molecule has 1 rings (SSSR count). The first-order valence-electron chi connectivity index (χ1n) is 5.82. The van der Waals surface area contributed by atoms with E-state index in [9.17, 15) is 0 Å². The molecule has 0 saturated heterocycles. The van der Waals surface area contributed by atoms with Crippen molar-refractivity contribution < 1.29 is 4.74 Å². The van der Waals surface area contributed by atoms with Gasteiger partial charge in [0.05, 0.1) is 6.00 Å². The van der Waals surface area contributed by atoms with Gasteiger partial charge in [-0.25, -0.2) is 0 Å². The average molecular weight is 226 g/mol. The lowest BCUT2D eigenvalue weighted by atomic mass is 9.92. The molecule has 1 unspecified atom stereocenters. The molecule has 88 valence electrons. The molecule has 0 N–H and O–H groups in total. The highest BCUT2D eigenvalue weighted by atomic mass is 16.5. The van der Waals surface area contributed by atoms with E-state index in [2.05, 4.69) is 25.3 Å². The molecule has 0 aliphatic carbocycles. The first kappa shape index (κ1) is 13.4. The van der Waals surface area contributed by atoms with Crippen LogP contribution < -0.4 is 0 Å². The highest BCUT2D eigenvalue weighted by molar-refractivity contribution is 6.12. The van der Waals surface area contributed by atoms with Gasteiger partial charge in [0.25, 0.3) is 0 Å². The van der Waals surface area contributed by atoms with Gasteiger partial charge in [0.1, 0.15) is 5.76 Å². The molecule has 0 spiro atoms. The lowest BCUT2D eigenvalue weighted by Gasteiger charge is -2.21. The maximum Gasteiger partial charge on any atom is 0.159 e. The first-order valence-corrected chi connectivity index (χ1v) is 5.82. The summed E-state index contributed by atoms with van der Waals surface area (Å²) in [7, 11) is 2.01. The van der Waals surface area contributed by atoms with Gasteiger partial charge in [-0.15, -0.1) is 0 Å². The zero-order valence-corrected chi connectivity index (χ0v) is 10.9. The summed E-state index contributed by atoms with van der Waals surface area (Å²) >= 11 is 0. The van der Waals surface area contributed by atoms with Gasteiger partial charge in [0.2, 0.25) is 0 Å². The molecule has 0 amide bonds. The molecule has 2 heteroatoms.